The standard InChI is InChI=1S/C8H14O3/c1-5-3-6(9)4-7(5)8(10)11-2/h5-7,9H,3-4H2,1-2H3. The molecule has 64 valence electrons. The van der Waals surface area contributed by atoms with Crippen LogP contribution in [0.5, 0.6) is 0 Å². The highest BCUT2D eigenvalue weighted by Crippen LogP contribution is 2.32. The zero-order valence-corrected chi connectivity index (χ0v) is 6.91. The maximum atomic E-state index is 11.0. The lowest BCUT2D eigenvalue weighted by atomic mass is 9.99. The fourth-order valence-electron chi connectivity index (χ4n) is 1.69. The molecular weight excluding hydrogens is 144 g/mol. The van der Waals surface area contributed by atoms with Crippen LogP contribution in [0.4, 0.5) is 0 Å². The van der Waals surface area contributed by atoms with Crippen molar-refractivity contribution < 1.29 is 14.6 Å². The van der Waals surface area contributed by atoms with E-state index in [0.717, 1.165) is 6.42 Å². The largest absolute Gasteiger partial charge is 0.469 e. The van der Waals surface area contributed by atoms with Crippen LogP contribution in [0.1, 0.15) is 19.8 Å². The van der Waals surface area contributed by atoms with Gasteiger partial charge in [0, 0.05) is 0 Å². The van der Waals surface area contributed by atoms with Gasteiger partial charge in [-0.1, -0.05) is 6.92 Å². The third-order valence-electron chi connectivity index (χ3n) is 2.36. The number of aliphatic hydroxyl groups excluding tert-OH is 1. The summed E-state index contributed by atoms with van der Waals surface area (Å²) in [6.07, 6.45) is 0.974. The third-order valence-corrected chi connectivity index (χ3v) is 2.36. The van der Waals surface area contributed by atoms with Crippen molar-refractivity contribution in [1.82, 2.24) is 0 Å². The Morgan fingerprint density at radius 2 is 2.18 bits per heavy atom. The molecular formula is C8H14O3. The Kier molecular flexibility index (Phi) is 2.49. The topological polar surface area (TPSA) is 46.5 Å². The fourth-order valence-corrected chi connectivity index (χ4v) is 1.69. The number of hydrogen-bond donors (Lipinski definition) is 1. The summed E-state index contributed by atoms with van der Waals surface area (Å²) in [6, 6.07) is 0. The summed E-state index contributed by atoms with van der Waals surface area (Å²) in [7, 11) is 1.39. The van der Waals surface area contributed by atoms with E-state index in [0.29, 0.717) is 6.42 Å². The lowest BCUT2D eigenvalue weighted by molar-refractivity contribution is -0.146. The molecule has 3 nitrogen and oxygen atoms in total. The second-order valence-corrected chi connectivity index (χ2v) is 3.23. The molecule has 0 aliphatic heterocycles. The van der Waals surface area contributed by atoms with Crippen molar-refractivity contribution in [3.05, 3.63) is 0 Å². The first-order valence-corrected chi connectivity index (χ1v) is 3.91. The molecule has 1 aliphatic rings. The smallest absolute Gasteiger partial charge is 0.309 e. The quantitative estimate of drug-likeness (QED) is 0.567. The molecule has 1 saturated carbocycles. The number of carbonyl (C=O) groups is 1. The molecule has 0 amide bonds. The number of ether oxygens (including phenoxy) is 1. The van der Waals surface area contributed by atoms with Crippen molar-refractivity contribution in [3.8, 4) is 0 Å². The van der Waals surface area contributed by atoms with Crippen LogP contribution in [-0.2, 0) is 9.53 Å². The lowest BCUT2D eigenvalue weighted by Gasteiger charge is -2.10. The van der Waals surface area contributed by atoms with Crippen molar-refractivity contribution in [1.29, 1.82) is 0 Å². The SMILES string of the molecule is COC(=O)C1CC(O)CC1C. The summed E-state index contributed by atoms with van der Waals surface area (Å²) in [6.45, 7) is 1.97. The summed E-state index contributed by atoms with van der Waals surface area (Å²) in [5.41, 5.74) is 0. The average Bonchev–Trinajstić information content (AvgIpc) is 2.28. The molecule has 0 bridgehead atoms. The van der Waals surface area contributed by atoms with Gasteiger partial charge in [0.2, 0.25) is 0 Å². The number of aliphatic hydroxyl groups is 1. The average molecular weight is 158 g/mol. The zero-order chi connectivity index (χ0) is 8.43. The molecule has 0 radical (unpaired) electrons. The Morgan fingerprint density at radius 3 is 2.55 bits per heavy atom. The predicted molar refractivity (Wildman–Crippen MR) is 39.9 cm³/mol. The molecule has 3 unspecified atom stereocenters. The molecule has 1 N–H and O–H groups in total. The Bertz CT molecular complexity index is 155. The summed E-state index contributed by atoms with van der Waals surface area (Å²) >= 11 is 0. The van der Waals surface area contributed by atoms with Crippen molar-refractivity contribution in [2.45, 2.75) is 25.9 Å². The first kappa shape index (κ1) is 8.53. The number of rotatable bonds is 1. The van der Waals surface area contributed by atoms with Crippen molar-refractivity contribution >= 4 is 5.97 Å². The van der Waals surface area contributed by atoms with E-state index >= 15 is 0 Å². The van der Waals surface area contributed by atoms with E-state index in [4.69, 9.17) is 0 Å². The summed E-state index contributed by atoms with van der Waals surface area (Å²) < 4.78 is 4.60. The summed E-state index contributed by atoms with van der Waals surface area (Å²) in [4.78, 5) is 11.0. The summed E-state index contributed by atoms with van der Waals surface area (Å²) in [5.74, 6) is -0.0125. The first-order chi connectivity index (χ1) is 5.15. The Labute approximate surface area is 66.4 Å². The second kappa shape index (κ2) is 3.22. The molecule has 11 heavy (non-hydrogen) atoms. The van der Waals surface area contributed by atoms with Gasteiger partial charge in [-0.05, 0) is 18.8 Å². The van der Waals surface area contributed by atoms with Crippen molar-refractivity contribution in [2.24, 2.45) is 11.8 Å². The molecule has 1 rings (SSSR count). The van der Waals surface area contributed by atoms with E-state index < -0.39 is 0 Å². The normalized spacial score (nSPS) is 37.2. The molecule has 3 atom stereocenters. The van der Waals surface area contributed by atoms with Gasteiger partial charge >= 0.3 is 5.97 Å². The van der Waals surface area contributed by atoms with Crippen LogP contribution < -0.4 is 0 Å². The van der Waals surface area contributed by atoms with Gasteiger partial charge < -0.3 is 9.84 Å². The zero-order valence-electron chi connectivity index (χ0n) is 6.91. The van der Waals surface area contributed by atoms with Gasteiger partial charge in [0.25, 0.3) is 0 Å². The Hall–Kier alpha value is -0.570. The van der Waals surface area contributed by atoms with E-state index in [1.165, 1.54) is 7.11 Å². The number of hydrogen-bond acceptors (Lipinski definition) is 3. The minimum atomic E-state index is -0.311. The number of carbonyl (C=O) groups excluding carboxylic acids is 1. The van der Waals surface area contributed by atoms with E-state index in [-0.39, 0.29) is 23.9 Å². The van der Waals surface area contributed by atoms with Crippen LogP contribution in [0.25, 0.3) is 0 Å². The molecule has 1 aliphatic carbocycles. The van der Waals surface area contributed by atoms with E-state index in [1.807, 2.05) is 6.92 Å². The second-order valence-electron chi connectivity index (χ2n) is 3.23. The van der Waals surface area contributed by atoms with Gasteiger partial charge in [-0.15, -0.1) is 0 Å². The minimum Gasteiger partial charge on any atom is -0.469 e. The monoisotopic (exact) mass is 158 g/mol. The Balaban J connectivity index is 2.52. The minimum absolute atomic E-state index is 0.0880. The summed E-state index contributed by atoms with van der Waals surface area (Å²) in [5, 5.41) is 9.21. The molecule has 1 fully saturated rings. The van der Waals surface area contributed by atoms with Crippen LogP contribution in [0.15, 0.2) is 0 Å². The molecule has 3 heteroatoms. The van der Waals surface area contributed by atoms with Crippen molar-refractivity contribution in [2.75, 3.05) is 7.11 Å². The van der Waals surface area contributed by atoms with Gasteiger partial charge in [0.1, 0.15) is 0 Å². The molecule has 0 saturated heterocycles. The molecule has 0 aromatic rings. The molecule has 0 spiro atoms. The maximum Gasteiger partial charge on any atom is 0.309 e. The van der Waals surface area contributed by atoms with E-state index in [9.17, 15) is 9.90 Å². The van der Waals surface area contributed by atoms with Crippen LogP contribution in [0.2, 0.25) is 0 Å². The first-order valence-electron chi connectivity index (χ1n) is 3.91. The van der Waals surface area contributed by atoms with Gasteiger partial charge in [0.05, 0.1) is 19.1 Å². The highest BCUT2D eigenvalue weighted by molar-refractivity contribution is 5.73. The van der Waals surface area contributed by atoms with Crippen LogP contribution >= 0.6 is 0 Å². The highest BCUT2D eigenvalue weighted by atomic mass is 16.5. The number of methoxy groups -OCH3 is 1. The highest BCUT2D eigenvalue weighted by Gasteiger charge is 2.35. The van der Waals surface area contributed by atoms with Gasteiger partial charge in [-0.3, -0.25) is 4.79 Å². The number of esters is 1. The van der Waals surface area contributed by atoms with Crippen LogP contribution in [-0.4, -0.2) is 24.3 Å². The van der Waals surface area contributed by atoms with Crippen LogP contribution in [0.3, 0.4) is 0 Å². The van der Waals surface area contributed by atoms with Gasteiger partial charge in [0.15, 0.2) is 0 Å². The van der Waals surface area contributed by atoms with Crippen LogP contribution in [0, 0.1) is 11.8 Å². The molecule has 0 heterocycles. The maximum absolute atomic E-state index is 11.0. The Morgan fingerprint density at radius 1 is 1.55 bits per heavy atom. The molecule has 0 aromatic carbocycles. The van der Waals surface area contributed by atoms with Gasteiger partial charge in [-0.2, -0.15) is 0 Å². The molecule has 0 aromatic heterocycles. The predicted octanol–water partition coefficient (Wildman–Crippen LogP) is 0.566. The van der Waals surface area contributed by atoms with Crippen molar-refractivity contribution in [3.63, 3.8) is 0 Å². The lowest BCUT2D eigenvalue weighted by Crippen LogP contribution is -2.18. The van der Waals surface area contributed by atoms with E-state index in [2.05, 4.69) is 4.74 Å². The third kappa shape index (κ3) is 1.71. The fraction of sp³-hybridized carbons (Fsp3) is 0.875. The van der Waals surface area contributed by atoms with E-state index in [1.54, 1.807) is 0 Å². The van der Waals surface area contributed by atoms with Gasteiger partial charge in [-0.25, -0.2) is 0 Å².